The quantitative estimate of drug-likeness (QED) is 0.673. The van der Waals surface area contributed by atoms with Crippen molar-refractivity contribution in [2.75, 3.05) is 13.2 Å². The van der Waals surface area contributed by atoms with Crippen LogP contribution in [0.2, 0.25) is 0 Å². The molecule has 0 heterocycles. The summed E-state index contributed by atoms with van der Waals surface area (Å²) in [4.78, 5) is 12.1. The van der Waals surface area contributed by atoms with Crippen LogP contribution >= 0.6 is 0 Å². The first-order valence-electron chi connectivity index (χ1n) is 8.15. The highest BCUT2D eigenvalue weighted by Crippen LogP contribution is 2.29. The summed E-state index contributed by atoms with van der Waals surface area (Å²) >= 11 is 0. The third-order valence-corrected chi connectivity index (χ3v) is 4.20. The lowest BCUT2D eigenvalue weighted by Gasteiger charge is -2.30. The molecule has 4 heteroatoms. The lowest BCUT2D eigenvalue weighted by atomic mass is 9.78. The van der Waals surface area contributed by atoms with Crippen LogP contribution in [0.15, 0.2) is 0 Å². The average Bonchev–Trinajstić information content (AvgIpc) is 2.41. The second-order valence-corrected chi connectivity index (χ2v) is 6.39. The predicted octanol–water partition coefficient (Wildman–Crippen LogP) is 2.46. The van der Waals surface area contributed by atoms with Crippen molar-refractivity contribution in [3.8, 4) is 0 Å². The van der Waals surface area contributed by atoms with E-state index in [-0.39, 0.29) is 17.9 Å². The van der Waals surface area contributed by atoms with Crippen LogP contribution in [-0.4, -0.2) is 31.2 Å². The lowest BCUT2D eigenvalue weighted by Crippen LogP contribution is -2.38. The van der Waals surface area contributed by atoms with Crippen LogP contribution in [0.4, 0.5) is 0 Å². The number of unbranched alkanes of at least 4 members (excludes halogenated alkanes) is 1. The molecular formula is C16H32N2O2. The summed E-state index contributed by atoms with van der Waals surface area (Å²) in [6, 6.07) is 0.289. The molecule has 0 aromatic heterocycles. The van der Waals surface area contributed by atoms with Gasteiger partial charge in [-0.25, -0.2) is 0 Å². The van der Waals surface area contributed by atoms with Gasteiger partial charge in [0.2, 0.25) is 5.91 Å². The largest absolute Gasteiger partial charge is 0.379 e. The van der Waals surface area contributed by atoms with Crippen LogP contribution in [0.3, 0.4) is 0 Å². The van der Waals surface area contributed by atoms with Gasteiger partial charge in [0.25, 0.3) is 0 Å². The average molecular weight is 284 g/mol. The normalized spacial score (nSPS) is 24.6. The number of nitrogens with two attached hydrogens (primary N) is 1. The number of hydrogen-bond donors (Lipinski definition) is 2. The van der Waals surface area contributed by atoms with Gasteiger partial charge in [0.1, 0.15) is 0 Å². The van der Waals surface area contributed by atoms with Crippen molar-refractivity contribution < 1.29 is 9.53 Å². The fourth-order valence-corrected chi connectivity index (χ4v) is 2.85. The highest BCUT2D eigenvalue weighted by Gasteiger charge is 2.28. The Morgan fingerprint density at radius 1 is 1.30 bits per heavy atom. The van der Waals surface area contributed by atoms with E-state index < -0.39 is 0 Å². The fraction of sp³-hybridized carbons (Fsp3) is 0.938. The Morgan fingerprint density at radius 2 is 2.05 bits per heavy atom. The van der Waals surface area contributed by atoms with Crippen molar-refractivity contribution in [2.45, 2.75) is 71.4 Å². The van der Waals surface area contributed by atoms with E-state index >= 15 is 0 Å². The van der Waals surface area contributed by atoms with Gasteiger partial charge < -0.3 is 15.8 Å². The summed E-state index contributed by atoms with van der Waals surface area (Å²) < 4.78 is 5.48. The monoisotopic (exact) mass is 284 g/mol. The highest BCUT2D eigenvalue weighted by atomic mass is 16.5. The molecule has 20 heavy (non-hydrogen) atoms. The van der Waals surface area contributed by atoms with Crippen LogP contribution in [0.1, 0.15) is 59.3 Å². The van der Waals surface area contributed by atoms with Gasteiger partial charge in [0.15, 0.2) is 0 Å². The first-order chi connectivity index (χ1) is 9.50. The Hall–Kier alpha value is -0.610. The molecule has 0 radical (unpaired) electrons. The lowest BCUT2D eigenvalue weighted by molar-refractivity contribution is -0.126. The maximum absolute atomic E-state index is 12.1. The SMILES string of the molecule is CC(C)OCCCCNC(=O)C(C)C1CCCC(N)C1. The summed E-state index contributed by atoms with van der Waals surface area (Å²) in [5.74, 6) is 0.741. The molecule has 4 nitrogen and oxygen atoms in total. The van der Waals surface area contributed by atoms with Crippen LogP contribution in [0.5, 0.6) is 0 Å². The molecule has 0 spiro atoms. The summed E-state index contributed by atoms with van der Waals surface area (Å²) in [6.45, 7) is 7.65. The van der Waals surface area contributed by atoms with Gasteiger partial charge >= 0.3 is 0 Å². The van der Waals surface area contributed by atoms with Crippen LogP contribution in [0, 0.1) is 11.8 Å². The Morgan fingerprint density at radius 3 is 2.70 bits per heavy atom. The maximum Gasteiger partial charge on any atom is 0.223 e. The zero-order chi connectivity index (χ0) is 15.0. The number of hydrogen-bond acceptors (Lipinski definition) is 3. The molecular weight excluding hydrogens is 252 g/mol. The van der Waals surface area contributed by atoms with Crippen molar-refractivity contribution in [3.63, 3.8) is 0 Å². The molecule has 1 aliphatic rings. The number of ether oxygens (including phenoxy) is 1. The van der Waals surface area contributed by atoms with Gasteiger partial charge in [-0.3, -0.25) is 4.79 Å². The minimum atomic E-state index is 0.0910. The van der Waals surface area contributed by atoms with Gasteiger partial charge in [0, 0.05) is 25.1 Å². The second-order valence-electron chi connectivity index (χ2n) is 6.39. The third-order valence-electron chi connectivity index (χ3n) is 4.20. The standard InChI is InChI=1S/C16H32N2O2/c1-12(2)20-10-5-4-9-18-16(19)13(3)14-7-6-8-15(17)11-14/h12-15H,4-11,17H2,1-3H3,(H,18,19). The van der Waals surface area contributed by atoms with Crippen molar-refractivity contribution in [2.24, 2.45) is 17.6 Å². The number of rotatable bonds is 8. The Labute approximate surface area is 123 Å². The zero-order valence-corrected chi connectivity index (χ0v) is 13.4. The topological polar surface area (TPSA) is 64.3 Å². The molecule has 0 aromatic rings. The summed E-state index contributed by atoms with van der Waals surface area (Å²) in [7, 11) is 0. The molecule has 0 saturated heterocycles. The Bertz CT molecular complexity index is 282. The number of carbonyl (C=O) groups excluding carboxylic acids is 1. The van der Waals surface area contributed by atoms with Gasteiger partial charge in [0.05, 0.1) is 6.10 Å². The van der Waals surface area contributed by atoms with Crippen LogP contribution < -0.4 is 11.1 Å². The van der Waals surface area contributed by atoms with E-state index in [0.29, 0.717) is 12.0 Å². The molecule has 1 rings (SSSR count). The molecule has 1 aliphatic carbocycles. The van der Waals surface area contributed by atoms with Crippen molar-refractivity contribution in [1.29, 1.82) is 0 Å². The zero-order valence-electron chi connectivity index (χ0n) is 13.4. The molecule has 1 amide bonds. The first kappa shape index (κ1) is 17.4. The summed E-state index contributed by atoms with van der Waals surface area (Å²) in [5.41, 5.74) is 6.00. The number of carbonyl (C=O) groups is 1. The third kappa shape index (κ3) is 6.71. The molecule has 118 valence electrons. The van der Waals surface area contributed by atoms with Gasteiger partial charge in [-0.1, -0.05) is 13.3 Å². The highest BCUT2D eigenvalue weighted by molar-refractivity contribution is 5.78. The maximum atomic E-state index is 12.1. The number of amides is 1. The van der Waals surface area contributed by atoms with Gasteiger partial charge in [-0.15, -0.1) is 0 Å². The van der Waals surface area contributed by atoms with E-state index in [1.165, 1.54) is 0 Å². The molecule has 0 aromatic carbocycles. The smallest absolute Gasteiger partial charge is 0.223 e. The molecule has 1 fully saturated rings. The fourth-order valence-electron chi connectivity index (χ4n) is 2.85. The molecule has 3 N–H and O–H groups in total. The molecule has 3 unspecified atom stereocenters. The van der Waals surface area contributed by atoms with E-state index in [0.717, 1.165) is 51.7 Å². The molecule has 0 bridgehead atoms. The minimum Gasteiger partial charge on any atom is -0.379 e. The molecule has 3 atom stereocenters. The summed E-state index contributed by atoms with van der Waals surface area (Å²) in [5, 5.41) is 3.05. The van der Waals surface area contributed by atoms with E-state index in [1.54, 1.807) is 0 Å². The van der Waals surface area contributed by atoms with E-state index in [1.807, 2.05) is 20.8 Å². The molecule has 1 saturated carbocycles. The minimum absolute atomic E-state index is 0.0910. The molecule has 0 aliphatic heterocycles. The van der Waals surface area contributed by atoms with E-state index in [9.17, 15) is 4.79 Å². The van der Waals surface area contributed by atoms with Gasteiger partial charge in [-0.05, 0) is 51.9 Å². The van der Waals surface area contributed by atoms with Gasteiger partial charge in [-0.2, -0.15) is 0 Å². The van der Waals surface area contributed by atoms with Crippen molar-refractivity contribution in [1.82, 2.24) is 5.32 Å². The predicted molar refractivity (Wildman–Crippen MR) is 82.4 cm³/mol. The summed E-state index contributed by atoms with van der Waals surface area (Å²) in [6.07, 6.45) is 6.69. The van der Waals surface area contributed by atoms with Crippen LogP contribution in [-0.2, 0) is 9.53 Å². The van der Waals surface area contributed by atoms with Crippen molar-refractivity contribution in [3.05, 3.63) is 0 Å². The second kappa shape index (κ2) is 9.35. The van der Waals surface area contributed by atoms with E-state index in [2.05, 4.69) is 5.32 Å². The number of nitrogens with one attached hydrogen (secondary N) is 1. The van der Waals surface area contributed by atoms with Crippen LogP contribution in [0.25, 0.3) is 0 Å². The van der Waals surface area contributed by atoms with Crippen molar-refractivity contribution >= 4 is 5.91 Å². The first-order valence-corrected chi connectivity index (χ1v) is 8.15. The van der Waals surface area contributed by atoms with E-state index in [4.69, 9.17) is 10.5 Å². The Kier molecular flexibility index (Phi) is 8.15. The Balaban J connectivity index is 2.12.